The van der Waals surface area contributed by atoms with Crippen molar-refractivity contribution in [2.75, 3.05) is 11.9 Å². The number of fused-ring (bicyclic) bond motifs is 3. The Labute approximate surface area is 209 Å². The van der Waals surface area contributed by atoms with Gasteiger partial charge < -0.3 is 19.4 Å². The maximum absolute atomic E-state index is 12.0. The molecule has 5 rings (SSSR count). The Morgan fingerprint density at radius 2 is 1.72 bits per heavy atom. The van der Waals surface area contributed by atoms with E-state index in [-0.39, 0.29) is 19.0 Å². The van der Waals surface area contributed by atoms with Crippen LogP contribution in [0.3, 0.4) is 0 Å². The smallest absolute Gasteiger partial charge is 0.308 e. The van der Waals surface area contributed by atoms with Gasteiger partial charge in [-0.1, -0.05) is 54.5 Å². The molecular weight excluding hydrogens is 450 g/mol. The molecule has 0 spiro atoms. The number of aromatic nitrogens is 2. The van der Waals surface area contributed by atoms with E-state index < -0.39 is 0 Å². The summed E-state index contributed by atoms with van der Waals surface area (Å²) in [4.78, 5) is 16.6. The van der Waals surface area contributed by atoms with Gasteiger partial charge in [0, 0.05) is 29.4 Å². The number of ether oxygens (including phenoxy) is 2. The molecule has 0 aliphatic carbocycles. The third-order valence-electron chi connectivity index (χ3n) is 5.87. The molecule has 2 heterocycles. The average Bonchev–Trinajstić information content (AvgIpc) is 3.23. The molecule has 36 heavy (non-hydrogen) atoms. The Balaban J connectivity index is 1.34. The molecule has 5 aromatic rings. The van der Waals surface area contributed by atoms with E-state index in [0.717, 1.165) is 44.7 Å². The topological polar surface area (TPSA) is 65.4 Å². The molecule has 0 aliphatic rings. The van der Waals surface area contributed by atoms with Gasteiger partial charge in [-0.2, -0.15) is 0 Å². The number of benzene rings is 3. The summed E-state index contributed by atoms with van der Waals surface area (Å²) >= 11 is 0. The molecule has 0 bridgehead atoms. The highest BCUT2D eigenvalue weighted by molar-refractivity contribution is 6.08. The Morgan fingerprint density at radius 3 is 2.58 bits per heavy atom. The van der Waals surface area contributed by atoms with Crippen molar-refractivity contribution in [2.24, 2.45) is 0 Å². The van der Waals surface area contributed by atoms with Crippen molar-refractivity contribution < 1.29 is 14.3 Å². The zero-order chi connectivity index (χ0) is 24.7. The normalized spacial score (nSPS) is 10.8. The van der Waals surface area contributed by atoms with Crippen LogP contribution in [0.15, 0.2) is 91.1 Å². The first kappa shape index (κ1) is 23.0. The number of carbonyl (C=O) groups excluding carboxylic acids is 1. The second kappa shape index (κ2) is 10.7. The number of anilines is 1. The van der Waals surface area contributed by atoms with E-state index in [2.05, 4.69) is 39.0 Å². The lowest BCUT2D eigenvalue weighted by atomic mass is 10.2. The highest BCUT2D eigenvalue weighted by Gasteiger charge is 2.13. The number of rotatable bonds is 9. The number of nitrogens with one attached hydrogen (secondary N) is 1. The highest BCUT2D eigenvalue weighted by Crippen LogP contribution is 2.30. The van der Waals surface area contributed by atoms with E-state index in [1.165, 1.54) is 0 Å². The molecule has 1 N–H and O–H groups in total. The molecule has 0 aliphatic heterocycles. The minimum Gasteiger partial charge on any atom is -0.457 e. The molecule has 0 amide bonds. The first-order valence-electron chi connectivity index (χ1n) is 11.7. The SMILES string of the molecule is C#CCOC(=O)CCn1c2ccccc2c2cc(NCc3cccc(Oc4ccccc4)c3)ncc21. The lowest BCUT2D eigenvalue weighted by Gasteiger charge is -2.10. The molecule has 0 saturated heterocycles. The Morgan fingerprint density at radius 1 is 0.917 bits per heavy atom. The average molecular weight is 476 g/mol. The molecular formula is C30H25N3O3. The number of terminal acetylenes is 1. The fraction of sp³-hybridized carbons (Fsp3) is 0.133. The van der Waals surface area contributed by atoms with Gasteiger partial charge in [0.05, 0.1) is 18.1 Å². The van der Waals surface area contributed by atoms with Gasteiger partial charge in [-0.3, -0.25) is 4.79 Å². The summed E-state index contributed by atoms with van der Waals surface area (Å²) < 4.78 is 13.1. The highest BCUT2D eigenvalue weighted by atomic mass is 16.5. The molecule has 0 saturated carbocycles. The van der Waals surface area contributed by atoms with Crippen LogP contribution >= 0.6 is 0 Å². The minimum absolute atomic E-state index is 0.0100. The number of aryl methyl sites for hydroxylation is 1. The van der Waals surface area contributed by atoms with Crippen molar-refractivity contribution in [1.29, 1.82) is 0 Å². The summed E-state index contributed by atoms with van der Waals surface area (Å²) in [5.41, 5.74) is 3.09. The monoisotopic (exact) mass is 475 g/mol. The van der Waals surface area contributed by atoms with Crippen molar-refractivity contribution in [3.63, 3.8) is 0 Å². The van der Waals surface area contributed by atoms with Crippen LogP contribution in [-0.4, -0.2) is 22.1 Å². The molecule has 2 aromatic heterocycles. The number of hydrogen-bond donors (Lipinski definition) is 1. The summed E-state index contributed by atoms with van der Waals surface area (Å²) in [5.74, 6) is 4.36. The largest absolute Gasteiger partial charge is 0.457 e. The van der Waals surface area contributed by atoms with E-state index >= 15 is 0 Å². The third kappa shape index (κ3) is 5.16. The lowest BCUT2D eigenvalue weighted by molar-refractivity contribution is -0.142. The Bertz CT molecular complexity index is 1550. The number of nitrogens with zero attached hydrogens (tertiary/aromatic N) is 2. The zero-order valence-corrected chi connectivity index (χ0v) is 19.7. The quantitative estimate of drug-likeness (QED) is 0.204. The summed E-state index contributed by atoms with van der Waals surface area (Å²) in [6, 6.07) is 27.9. The number of hydrogen-bond acceptors (Lipinski definition) is 5. The second-order valence-corrected chi connectivity index (χ2v) is 8.29. The van der Waals surface area contributed by atoms with Crippen molar-refractivity contribution in [1.82, 2.24) is 9.55 Å². The van der Waals surface area contributed by atoms with Crippen LogP contribution in [0.2, 0.25) is 0 Å². The molecule has 0 radical (unpaired) electrons. The summed E-state index contributed by atoms with van der Waals surface area (Å²) in [6.45, 7) is 1.07. The fourth-order valence-electron chi connectivity index (χ4n) is 4.22. The molecule has 6 heteroatoms. The van der Waals surface area contributed by atoms with Crippen LogP contribution in [0.5, 0.6) is 11.5 Å². The van der Waals surface area contributed by atoms with Crippen LogP contribution in [0, 0.1) is 12.3 Å². The third-order valence-corrected chi connectivity index (χ3v) is 5.87. The van der Waals surface area contributed by atoms with E-state index in [9.17, 15) is 4.79 Å². The number of para-hydroxylation sites is 2. The van der Waals surface area contributed by atoms with Crippen LogP contribution < -0.4 is 10.1 Å². The molecule has 0 unspecified atom stereocenters. The van der Waals surface area contributed by atoms with Gasteiger partial charge in [0.25, 0.3) is 0 Å². The van der Waals surface area contributed by atoms with E-state index in [0.29, 0.717) is 13.1 Å². The van der Waals surface area contributed by atoms with Gasteiger partial charge in [-0.15, -0.1) is 6.42 Å². The summed E-state index contributed by atoms with van der Waals surface area (Å²) in [6.07, 6.45) is 7.26. The summed E-state index contributed by atoms with van der Waals surface area (Å²) in [5, 5.41) is 5.60. The van der Waals surface area contributed by atoms with Crippen LogP contribution in [0.25, 0.3) is 21.8 Å². The Kier molecular flexibility index (Phi) is 6.81. The van der Waals surface area contributed by atoms with Gasteiger partial charge in [0.15, 0.2) is 6.61 Å². The molecule has 0 fully saturated rings. The Hall–Kier alpha value is -4.76. The first-order valence-corrected chi connectivity index (χ1v) is 11.7. The second-order valence-electron chi connectivity index (χ2n) is 8.29. The van der Waals surface area contributed by atoms with E-state index in [1.807, 2.05) is 72.9 Å². The van der Waals surface area contributed by atoms with Gasteiger partial charge >= 0.3 is 5.97 Å². The van der Waals surface area contributed by atoms with Crippen molar-refractivity contribution in [3.8, 4) is 23.8 Å². The molecule has 178 valence electrons. The maximum Gasteiger partial charge on any atom is 0.308 e. The van der Waals surface area contributed by atoms with Crippen LogP contribution in [0.1, 0.15) is 12.0 Å². The predicted octanol–water partition coefficient (Wildman–Crippen LogP) is 6.16. The van der Waals surface area contributed by atoms with Gasteiger partial charge in [0.1, 0.15) is 17.3 Å². The minimum atomic E-state index is -0.316. The predicted molar refractivity (Wildman–Crippen MR) is 142 cm³/mol. The van der Waals surface area contributed by atoms with E-state index in [1.54, 1.807) is 0 Å². The maximum atomic E-state index is 12.0. The van der Waals surface area contributed by atoms with Gasteiger partial charge in [-0.05, 0) is 42.0 Å². The number of carbonyl (C=O) groups is 1. The first-order chi connectivity index (χ1) is 17.7. The van der Waals surface area contributed by atoms with Gasteiger partial charge in [0.2, 0.25) is 0 Å². The lowest BCUT2D eigenvalue weighted by Crippen LogP contribution is -2.09. The molecule has 3 aromatic carbocycles. The van der Waals surface area contributed by atoms with E-state index in [4.69, 9.17) is 15.9 Å². The van der Waals surface area contributed by atoms with Crippen molar-refractivity contribution in [3.05, 3.63) is 96.7 Å². The standard InChI is InChI=1S/C30H25N3O3/c1-2-17-35-30(34)15-16-33-27-14-7-6-13-25(27)26-19-29(32-21-28(26)33)31-20-22-9-8-12-24(18-22)36-23-10-4-3-5-11-23/h1,3-14,18-19,21H,15-17,20H2,(H,31,32). The fourth-order valence-corrected chi connectivity index (χ4v) is 4.22. The van der Waals surface area contributed by atoms with Crippen LogP contribution in [-0.2, 0) is 22.6 Å². The van der Waals surface area contributed by atoms with Crippen molar-refractivity contribution >= 4 is 33.6 Å². The molecule has 6 nitrogen and oxygen atoms in total. The zero-order valence-electron chi connectivity index (χ0n) is 19.7. The number of pyridine rings is 1. The summed E-state index contributed by atoms with van der Waals surface area (Å²) in [7, 11) is 0. The number of esters is 1. The van der Waals surface area contributed by atoms with Crippen molar-refractivity contribution in [2.45, 2.75) is 19.5 Å². The molecule has 0 atom stereocenters. The van der Waals surface area contributed by atoms with Crippen LogP contribution in [0.4, 0.5) is 5.82 Å². The van der Waals surface area contributed by atoms with Gasteiger partial charge in [-0.25, -0.2) is 4.98 Å².